The normalized spacial score (nSPS) is 19.2. The molecule has 1 fully saturated rings. The minimum absolute atomic E-state index is 0.319. The van der Waals surface area contributed by atoms with Crippen LogP contribution in [0.5, 0.6) is 0 Å². The van der Waals surface area contributed by atoms with Gasteiger partial charge in [-0.25, -0.2) is 4.39 Å². The third-order valence-corrected chi connectivity index (χ3v) is 3.78. The van der Waals surface area contributed by atoms with Gasteiger partial charge in [0.05, 0.1) is 12.5 Å². The van der Waals surface area contributed by atoms with Crippen LogP contribution in [0, 0.1) is 11.7 Å². The maximum Gasteiger partial charge on any atom is 0.307 e. The maximum absolute atomic E-state index is 12.9. The summed E-state index contributed by atoms with van der Waals surface area (Å²) in [6, 6.07) is 5.86. The van der Waals surface area contributed by atoms with E-state index >= 15 is 0 Å². The number of piperidine rings is 1. The van der Waals surface area contributed by atoms with Gasteiger partial charge in [0.15, 0.2) is 0 Å². The zero-order valence-corrected chi connectivity index (χ0v) is 11.9. The predicted molar refractivity (Wildman–Crippen MR) is 75.3 cm³/mol. The van der Waals surface area contributed by atoms with Crippen LogP contribution in [0.1, 0.15) is 18.7 Å². The number of hydrogen-bond acceptors (Lipinski definition) is 5. The van der Waals surface area contributed by atoms with E-state index in [2.05, 4.69) is 10.1 Å². The van der Waals surface area contributed by atoms with Gasteiger partial charge >= 0.3 is 5.97 Å². The van der Waals surface area contributed by atoms with Gasteiger partial charge in [-0.3, -0.25) is 9.69 Å². The molecule has 0 bridgehead atoms. The Kier molecular flexibility index (Phi) is 4.15. The quantitative estimate of drug-likeness (QED) is 0.932. The lowest BCUT2D eigenvalue weighted by Crippen LogP contribution is -2.38. The molecule has 1 N–H and O–H groups in total. The van der Waals surface area contributed by atoms with E-state index in [1.54, 1.807) is 12.1 Å². The molecule has 1 aromatic heterocycles. The topological polar surface area (TPSA) is 79.5 Å². The van der Waals surface area contributed by atoms with Crippen LogP contribution in [-0.2, 0) is 11.3 Å². The summed E-state index contributed by atoms with van der Waals surface area (Å²) in [7, 11) is 0. The summed E-state index contributed by atoms with van der Waals surface area (Å²) in [6.07, 6.45) is 1.55. The Morgan fingerprint density at radius 1 is 1.41 bits per heavy atom. The van der Waals surface area contributed by atoms with Crippen molar-refractivity contribution in [1.29, 1.82) is 0 Å². The number of nitrogens with zero attached hydrogens (tertiary/aromatic N) is 3. The van der Waals surface area contributed by atoms with Crippen LogP contribution in [0.3, 0.4) is 0 Å². The van der Waals surface area contributed by atoms with E-state index in [0.29, 0.717) is 36.8 Å². The maximum atomic E-state index is 12.9. The van der Waals surface area contributed by atoms with Gasteiger partial charge in [0.2, 0.25) is 11.7 Å². The summed E-state index contributed by atoms with van der Waals surface area (Å²) in [5.41, 5.74) is 0.679. The van der Waals surface area contributed by atoms with Crippen molar-refractivity contribution in [1.82, 2.24) is 15.0 Å². The second-order valence-corrected chi connectivity index (χ2v) is 5.43. The molecule has 1 aromatic carbocycles. The summed E-state index contributed by atoms with van der Waals surface area (Å²) in [4.78, 5) is 17.3. The molecule has 0 saturated carbocycles. The number of benzene rings is 1. The van der Waals surface area contributed by atoms with Crippen molar-refractivity contribution in [3.05, 3.63) is 36.0 Å². The molecule has 7 heteroatoms. The number of aromatic nitrogens is 2. The second-order valence-electron chi connectivity index (χ2n) is 5.43. The van der Waals surface area contributed by atoms with Crippen LogP contribution >= 0.6 is 0 Å². The molecule has 0 amide bonds. The van der Waals surface area contributed by atoms with Crippen molar-refractivity contribution in [2.45, 2.75) is 19.4 Å². The fourth-order valence-corrected chi connectivity index (χ4v) is 2.63. The highest BCUT2D eigenvalue weighted by Gasteiger charge is 2.26. The smallest absolute Gasteiger partial charge is 0.307 e. The van der Waals surface area contributed by atoms with Gasteiger partial charge in [-0.05, 0) is 43.7 Å². The van der Waals surface area contributed by atoms with Crippen molar-refractivity contribution < 1.29 is 18.8 Å². The van der Waals surface area contributed by atoms with Gasteiger partial charge in [-0.1, -0.05) is 5.16 Å². The van der Waals surface area contributed by atoms with Crippen molar-refractivity contribution in [2.24, 2.45) is 5.92 Å². The van der Waals surface area contributed by atoms with E-state index in [1.807, 2.05) is 4.90 Å². The number of hydrogen-bond donors (Lipinski definition) is 1. The molecule has 1 aliphatic heterocycles. The zero-order chi connectivity index (χ0) is 15.5. The van der Waals surface area contributed by atoms with E-state index < -0.39 is 5.97 Å². The lowest BCUT2D eigenvalue weighted by Gasteiger charge is -2.29. The van der Waals surface area contributed by atoms with Gasteiger partial charge in [-0.2, -0.15) is 4.98 Å². The fraction of sp³-hybridized carbons (Fsp3) is 0.400. The van der Waals surface area contributed by atoms with Gasteiger partial charge in [0.1, 0.15) is 5.82 Å². The summed E-state index contributed by atoms with van der Waals surface area (Å²) >= 11 is 0. The molecule has 2 heterocycles. The minimum Gasteiger partial charge on any atom is -0.481 e. The Hall–Kier alpha value is -2.28. The average molecular weight is 305 g/mol. The molecule has 1 aliphatic rings. The Morgan fingerprint density at radius 3 is 2.91 bits per heavy atom. The largest absolute Gasteiger partial charge is 0.481 e. The van der Waals surface area contributed by atoms with Crippen LogP contribution in [-0.4, -0.2) is 39.2 Å². The molecule has 2 aromatic rings. The number of carboxylic acid groups (broad SMARTS) is 1. The molecule has 6 nitrogen and oxygen atoms in total. The lowest BCUT2D eigenvalue weighted by molar-refractivity contribution is -0.143. The molecule has 1 saturated heterocycles. The molecule has 1 atom stereocenters. The number of aliphatic carboxylic acids is 1. The molecular weight excluding hydrogens is 289 g/mol. The Bertz CT molecular complexity index is 656. The third-order valence-electron chi connectivity index (χ3n) is 3.78. The summed E-state index contributed by atoms with van der Waals surface area (Å²) in [5, 5.41) is 13.0. The van der Waals surface area contributed by atoms with Gasteiger partial charge in [0.25, 0.3) is 0 Å². The first-order valence-electron chi connectivity index (χ1n) is 7.15. The number of carbonyl (C=O) groups is 1. The highest BCUT2D eigenvalue weighted by atomic mass is 19.1. The molecule has 0 unspecified atom stereocenters. The zero-order valence-electron chi connectivity index (χ0n) is 11.9. The van der Waals surface area contributed by atoms with E-state index in [0.717, 1.165) is 13.0 Å². The van der Waals surface area contributed by atoms with Crippen molar-refractivity contribution in [3.8, 4) is 11.4 Å². The molecule has 3 rings (SSSR count). The van der Waals surface area contributed by atoms with Crippen molar-refractivity contribution >= 4 is 5.97 Å². The number of halogens is 1. The molecule has 22 heavy (non-hydrogen) atoms. The van der Waals surface area contributed by atoms with Crippen molar-refractivity contribution in [2.75, 3.05) is 13.1 Å². The molecule has 0 radical (unpaired) electrons. The molecule has 0 aliphatic carbocycles. The van der Waals surface area contributed by atoms with E-state index in [1.165, 1.54) is 12.1 Å². The van der Waals surface area contributed by atoms with E-state index in [-0.39, 0.29) is 11.7 Å². The van der Waals surface area contributed by atoms with Crippen LogP contribution < -0.4 is 0 Å². The molecular formula is C15H16FN3O3. The van der Waals surface area contributed by atoms with E-state index in [9.17, 15) is 9.18 Å². The summed E-state index contributed by atoms with van der Waals surface area (Å²) < 4.78 is 18.1. The number of rotatable bonds is 4. The first-order valence-corrected chi connectivity index (χ1v) is 7.15. The average Bonchev–Trinajstić information content (AvgIpc) is 2.96. The predicted octanol–water partition coefficient (Wildman–Crippen LogP) is 2.17. The number of carboxylic acids is 1. The van der Waals surface area contributed by atoms with Gasteiger partial charge < -0.3 is 9.63 Å². The highest BCUT2D eigenvalue weighted by Crippen LogP contribution is 2.20. The van der Waals surface area contributed by atoms with Crippen molar-refractivity contribution in [3.63, 3.8) is 0 Å². The minimum atomic E-state index is -0.762. The second kappa shape index (κ2) is 6.23. The summed E-state index contributed by atoms with van der Waals surface area (Å²) in [6.45, 7) is 1.74. The summed E-state index contributed by atoms with van der Waals surface area (Å²) in [5.74, 6) is -0.580. The number of likely N-dealkylation sites (tertiary alicyclic amines) is 1. The van der Waals surface area contributed by atoms with Gasteiger partial charge in [0, 0.05) is 12.1 Å². The van der Waals surface area contributed by atoms with Crippen LogP contribution in [0.2, 0.25) is 0 Å². The molecule has 116 valence electrons. The highest BCUT2D eigenvalue weighted by molar-refractivity contribution is 5.70. The van der Waals surface area contributed by atoms with Crippen LogP contribution in [0.15, 0.2) is 28.8 Å². The Balaban J connectivity index is 1.66. The third kappa shape index (κ3) is 3.30. The van der Waals surface area contributed by atoms with E-state index in [4.69, 9.17) is 9.63 Å². The monoisotopic (exact) mass is 305 g/mol. The Morgan fingerprint density at radius 2 is 2.18 bits per heavy atom. The standard InChI is InChI=1S/C15H16FN3O3/c16-12-5-3-10(4-6-12)14-17-13(22-18-14)9-19-7-1-2-11(8-19)15(20)21/h3-6,11H,1-2,7-9H2,(H,20,21)/t11-/m1/s1. The lowest BCUT2D eigenvalue weighted by atomic mass is 9.98. The first kappa shape index (κ1) is 14.6. The first-order chi connectivity index (χ1) is 10.6. The van der Waals surface area contributed by atoms with Crippen LogP contribution in [0.25, 0.3) is 11.4 Å². The SMILES string of the molecule is O=C(O)[C@@H]1CCCN(Cc2nc(-c3ccc(F)cc3)no2)C1. The Labute approximate surface area is 126 Å². The molecule has 0 spiro atoms. The van der Waals surface area contributed by atoms with Gasteiger partial charge in [-0.15, -0.1) is 0 Å². The van der Waals surface area contributed by atoms with Crippen LogP contribution in [0.4, 0.5) is 4.39 Å². The fourth-order valence-electron chi connectivity index (χ4n) is 2.63.